The molecule has 261 valence electrons. The van der Waals surface area contributed by atoms with Crippen LogP contribution in [0, 0.1) is 11.8 Å². The SMILES string of the molecule is C[Si](C[C@H]1/C(=C/C2CCCCC2)CN2CCCC[C@@H]2[C@@H]1O[Si](C)(C)C(C)(C)C)c1cc(C(F)(F)F)c(C(F)(F)F)c(C(F)(F)F)c1. The highest BCUT2D eigenvalue weighted by Crippen LogP contribution is 2.48. The Hall–Kier alpha value is -1.32. The number of hydrogen-bond donors (Lipinski definition) is 0. The van der Waals surface area contributed by atoms with Crippen molar-refractivity contribution >= 4 is 22.3 Å². The lowest BCUT2D eigenvalue weighted by Gasteiger charge is -2.53. The molecule has 2 saturated heterocycles. The molecule has 1 saturated carbocycles. The first kappa shape index (κ1) is 37.5. The van der Waals surface area contributed by atoms with E-state index < -0.39 is 52.3 Å². The fourth-order valence-electron chi connectivity index (χ4n) is 7.21. The summed E-state index contributed by atoms with van der Waals surface area (Å²) in [5, 5.41) is -0.440. The Morgan fingerprint density at radius 3 is 1.87 bits per heavy atom. The first-order chi connectivity index (χ1) is 21.0. The summed E-state index contributed by atoms with van der Waals surface area (Å²) in [5.74, 6) is 0.0913. The summed E-state index contributed by atoms with van der Waals surface area (Å²) >= 11 is 0. The molecule has 0 amide bonds. The van der Waals surface area contributed by atoms with Gasteiger partial charge in [-0.15, -0.1) is 0 Å². The molecule has 3 atom stereocenters. The minimum atomic E-state index is -5.83. The molecular weight excluding hydrogens is 654 g/mol. The Morgan fingerprint density at radius 2 is 1.37 bits per heavy atom. The maximum atomic E-state index is 14.0. The van der Waals surface area contributed by atoms with Gasteiger partial charge in [0, 0.05) is 18.5 Å². The smallest absolute Gasteiger partial charge is 0.412 e. The molecule has 2 aliphatic heterocycles. The Labute approximate surface area is 269 Å². The summed E-state index contributed by atoms with van der Waals surface area (Å²) in [6, 6.07) is 0.995. The molecule has 1 aliphatic carbocycles. The average Bonchev–Trinajstić information content (AvgIpc) is 2.92. The maximum absolute atomic E-state index is 14.0. The topological polar surface area (TPSA) is 12.5 Å². The second kappa shape index (κ2) is 13.5. The fraction of sp³-hybridized carbons (Fsp3) is 0.758. The van der Waals surface area contributed by atoms with E-state index in [0.717, 1.165) is 63.5 Å². The van der Waals surface area contributed by atoms with Crippen molar-refractivity contribution in [3.8, 4) is 0 Å². The number of benzene rings is 1. The van der Waals surface area contributed by atoms with Crippen molar-refractivity contribution < 1.29 is 43.9 Å². The molecule has 3 aliphatic rings. The summed E-state index contributed by atoms with van der Waals surface area (Å²) in [4.78, 5) is 2.44. The molecule has 1 radical (unpaired) electrons. The number of nitrogens with zero attached hydrogens (tertiary/aromatic N) is 1. The molecule has 1 aromatic rings. The van der Waals surface area contributed by atoms with Crippen molar-refractivity contribution in [1.82, 2.24) is 4.90 Å². The summed E-state index contributed by atoms with van der Waals surface area (Å²) in [6.07, 6.45) is -6.71. The number of rotatable bonds is 6. The predicted molar refractivity (Wildman–Crippen MR) is 167 cm³/mol. The zero-order chi connectivity index (χ0) is 34.5. The van der Waals surface area contributed by atoms with Gasteiger partial charge in [0.25, 0.3) is 0 Å². The van der Waals surface area contributed by atoms with Crippen LogP contribution in [0.15, 0.2) is 23.8 Å². The molecular formula is C33H47F9NOSi2. The normalized spacial score (nSPS) is 25.7. The van der Waals surface area contributed by atoms with E-state index in [1.807, 2.05) is 0 Å². The van der Waals surface area contributed by atoms with E-state index in [9.17, 15) is 39.5 Å². The number of hydrogen-bond acceptors (Lipinski definition) is 2. The van der Waals surface area contributed by atoms with Gasteiger partial charge in [0.2, 0.25) is 0 Å². The van der Waals surface area contributed by atoms with Crippen molar-refractivity contribution in [2.45, 2.75) is 134 Å². The zero-order valence-corrected chi connectivity index (χ0v) is 29.6. The van der Waals surface area contributed by atoms with Crippen LogP contribution >= 0.6 is 0 Å². The molecule has 0 spiro atoms. The Bertz CT molecular complexity index is 1210. The quantitative estimate of drug-likeness (QED) is 0.166. The second-order valence-corrected chi connectivity index (χ2v) is 22.3. The van der Waals surface area contributed by atoms with E-state index in [1.54, 1.807) is 6.55 Å². The first-order valence-corrected chi connectivity index (χ1v) is 21.5. The summed E-state index contributed by atoms with van der Waals surface area (Å²) in [7, 11) is -4.60. The van der Waals surface area contributed by atoms with Crippen molar-refractivity contribution in [3.63, 3.8) is 0 Å². The van der Waals surface area contributed by atoms with Gasteiger partial charge in [-0.1, -0.05) is 82.0 Å². The third kappa shape index (κ3) is 8.45. The van der Waals surface area contributed by atoms with E-state index in [2.05, 4.69) is 44.8 Å². The van der Waals surface area contributed by atoms with Crippen LogP contribution in [-0.2, 0) is 23.0 Å². The average molecular weight is 701 g/mol. The summed E-state index contributed by atoms with van der Waals surface area (Å²) in [6.45, 7) is 13.9. The highest BCUT2D eigenvalue weighted by Gasteiger charge is 2.52. The van der Waals surface area contributed by atoms with E-state index in [0.29, 0.717) is 24.6 Å². The van der Waals surface area contributed by atoms with E-state index in [4.69, 9.17) is 4.43 Å². The van der Waals surface area contributed by atoms with Crippen molar-refractivity contribution in [2.24, 2.45) is 11.8 Å². The summed E-state index contributed by atoms with van der Waals surface area (Å²) < 4.78 is 133. The van der Waals surface area contributed by atoms with Crippen LogP contribution in [0.4, 0.5) is 39.5 Å². The van der Waals surface area contributed by atoms with Gasteiger partial charge < -0.3 is 4.43 Å². The molecule has 4 rings (SSSR count). The first-order valence-electron chi connectivity index (χ1n) is 16.4. The Balaban J connectivity index is 1.84. The molecule has 2 heterocycles. The minimum Gasteiger partial charge on any atom is -0.412 e. The Kier molecular flexibility index (Phi) is 11.0. The van der Waals surface area contributed by atoms with Crippen LogP contribution in [0.3, 0.4) is 0 Å². The monoisotopic (exact) mass is 700 g/mol. The highest BCUT2D eigenvalue weighted by molar-refractivity contribution is 6.74. The van der Waals surface area contributed by atoms with Crippen molar-refractivity contribution in [1.29, 1.82) is 0 Å². The van der Waals surface area contributed by atoms with Gasteiger partial charge in [0.15, 0.2) is 8.32 Å². The molecule has 0 bridgehead atoms. The lowest BCUT2D eigenvalue weighted by Crippen LogP contribution is -2.60. The van der Waals surface area contributed by atoms with Gasteiger partial charge in [-0.25, -0.2) is 0 Å². The van der Waals surface area contributed by atoms with Crippen molar-refractivity contribution in [2.75, 3.05) is 13.1 Å². The van der Waals surface area contributed by atoms with Crippen LogP contribution in [0.1, 0.15) is 88.8 Å². The third-order valence-electron chi connectivity index (χ3n) is 10.7. The van der Waals surface area contributed by atoms with Crippen LogP contribution in [-0.4, -0.2) is 47.2 Å². The van der Waals surface area contributed by atoms with Gasteiger partial charge in [-0.3, -0.25) is 4.90 Å². The Morgan fingerprint density at radius 1 is 0.826 bits per heavy atom. The molecule has 3 fully saturated rings. The molecule has 0 unspecified atom stereocenters. The van der Waals surface area contributed by atoms with E-state index >= 15 is 0 Å². The zero-order valence-electron chi connectivity index (χ0n) is 27.6. The number of alkyl halides is 9. The van der Waals surface area contributed by atoms with Crippen molar-refractivity contribution in [3.05, 3.63) is 40.5 Å². The van der Waals surface area contributed by atoms with Crippen LogP contribution < -0.4 is 5.19 Å². The lowest BCUT2D eigenvalue weighted by molar-refractivity contribution is -0.174. The molecule has 1 aromatic carbocycles. The number of halogens is 9. The molecule has 2 nitrogen and oxygen atoms in total. The number of allylic oxidation sites excluding steroid dienone is 1. The van der Waals surface area contributed by atoms with Gasteiger partial charge >= 0.3 is 18.5 Å². The highest BCUT2D eigenvalue weighted by atomic mass is 28.4. The maximum Gasteiger partial charge on any atom is 0.417 e. The molecule has 0 N–H and O–H groups in total. The minimum absolute atomic E-state index is 0.0651. The third-order valence-corrected chi connectivity index (χ3v) is 17.5. The molecule has 13 heteroatoms. The van der Waals surface area contributed by atoms with E-state index in [-0.39, 0.29) is 34.3 Å². The molecule has 46 heavy (non-hydrogen) atoms. The van der Waals surface area contributed by atoms with Crippen LogP contribution in [0.2, 0.25) is 30.7 Å². The second-order valence-electron chi connectivity index (χ2n) is 15.0. The number of fused-ring (bicyclic) bond motifs is 1. The standard InChI is InChI=1S/C33H47F9NOSi2/c1-30(2,3)46(5,6)44-29-24(22(16-21-12-8-7-9-13-21)19-43-15-11-10-14-27(29)43)20-45(4)23-17-25(31(34,35)36)28(33(40,41)42)26(18-23)32(37,38)39/h16-18,21,24,27,29H,7-15,19-20H2,1-6H3/b22-16+/t24-,27+,29+/m0/s1. The predicted octanol–water partition coefficient (Wildman–Crippen LogP) is 10.5. The summed E-state index contributed by atoms with van der Waals surface area (Å²) in [5.41, 5.74) is -6.10. The lowest BCUT2D eigenvalue weighted by atomic mass is 9.78. The van der Waals surface area contributed by atoms with Crippen LogP contribution in [0.5, 0.6) is 0 Å². The van der Waals surface area contributed by atoms with E-state index in [1.165, 1.54) is 0 Å². The fourth-order valence-corrected chi connectivity index (χ4v) is 10.7. The van der Waals surface area contributed by atoms with Crippen LogP contribution in [0.25, 0.3) is 0 Å². The van der Waals surface area contributed by atoms with Gasteiger partial charge in [-0.05, 0) is 62.3 Å². The van der Waals surface area contributed by atoms with Gasteiger partial charge in [0.05, 0.1) is 31.6 Å². The largest absolute Gasteiger partial charge is 0.417 e. The van der Waals surface area contributed by atoms with Gasteiger partial charge in [-0.2, -0.15) is 39.5 Å². The number of piperidine rings is 2. The molecule has 0 aromatic heterocycles. The van der Waals surface area contributed by atoms with Gasteiger partial charge in [0.1, 0.15) is 0 Å².